The van der Waals surface area contributed by atoms with Gasteiger partial charge in [-0.25, -0.2) is 15.0 Å². The van der Waals surface area contributed by atoms with E-state index in [0.717, 1.165) is 17.5 Å². The fraction of sp³-hybridized carbons (Fsp3) is 0.217. The molecule has 35 heavy (non-hydrogen) atoms. The number of benzene rings is 1. The number of carbonyl (C=O) groups is 1. The molecule has 180 valence electrons. The highest BCUT2D eigenvalue weighted by Gasteiger charge is 2.27. The van der Waals surface area contributed by atoms with E-state index in [0.29, 0.717) is 46.2 Å². The number of nitrogens with zero attached hydrogens (tertiary/aromatic N) is 6. The largest absolute Gasteiger partial charge is 0.494 e. The number of ether oxygens (including phenoxy) is 3. The van der Waals surface area contributed by atoms with Crippen molar-refractivity contribution in [3.8, 4) is 34.6 Å². The molecule has 0 aliphatic heterocycles. The standard InChI is InChI=1S/C23H23N7O4S/c1-14-11-24-18(25-12-14)13-35-29-23(31)22-28-27-21(15-7-5-10-19(26-15)34-4)30(22)20-16(32-2)8-6-9-17(20)33-3/h5-12H,13H2,1-4H3,(H,29,31). The van der Waals surface area contributed by atoms with Gasteiger partial charge < -0.3 is 14.2 Å². The van der Waals surface area contributed by atoms with Gasteiger partial charge in [0.05, 0.1) is 27.1 Å². The number of rotatable bonds is 9. The third-order valence-electron chi connectivity index (χ3n) is 4.85. The van der Waals surface area contributed by atoms with Gasteiger partial charge in [0.1, 0.15) is 28.7 Å². The van der Waals surface area contributed by atoms with E-state index in [1.54, 1.807) is 53.4 Å². The van der Waals surface area contributed by atoms with Crippen LogP contribution in [0.25, 0.3) is 17.2 Å². The minimum atomic E-state index is -0.475. The number of hydrogen-bond acceptors (Lipinski definition) is 10. The Morgan fingerprint density at radius 3 is 2.31 bits per heavy atom. The summed E-state index contributed by atoms with van der Waals surface area (Å²) < 4.78 is 20.7. The molecule has 3 aromatic heterocycles. The molecule has 1 aromatic carbocycles. The van der Waals surface area contributed by atoms with Gasteiger partial charge in [-0.2, -0.15) is 0 Å². The molecule has 1 amide bonds. The van der Waals surface area contributed by atoms with Crippen molar-refractivity contribution in [3.05, 3.63) is 66.0 Å². The van der Waals surface area contributed by atoms with Gasteiger partial charge in [0.15, 0.2) is 5.82 Å². The fourth-order valence-corrected chi connectivity index (χ4v) is 3.79. The van der Waals surface area contributed by atoms with Crippen LogP contribution < -0.4 is 18.9 Å². The topological polar surface area (TPSA) is 126 Å². The van der Waals surface area contributed by atoms with Crippen LogP contribution in [-0.2, 0) is 5.75 Å². The van der Waals surface area contributed by atoms with Crippen molar-refractivity contribution >= 4 is 17.9 Å². The number of pyridine rings is 1. The number of amides is 1. The van der Waals surface area contributed by atoms with Gasteiger partial charge in [-0.1, -0.05) is 12.1 Å². The van der Waals surface area contributed by atoms with Gasteiger partial charge in [-0.15, -0.1) is 10.2 Å². The van der Waals surface area contributed by atoms with Crippen LogP contribution in [0.5, 0.6) is 17.4 Å². The molecule has 0 radical (unpaired) electrons. The van der Waals surface area contributed by atoms with Gasteiger partial charge in [0.2, 0.25) is 11.7 Å². The quantitative estimate of drug-likeness (QED) is 0.348. The van der Waals surface area contributed by atoms with Crippen molar-refractivity contribution in [3.63, 3.8) is 0 Å². The van der Waals surface area contributed by atoms with Crippen LogP contribution in [0, 0.1) is 6.92 Å². The fourth-order valence-electron chi connectivity index (χ4n) is 3.22. The Morgan fingerprint density at radius 1 is 0.971 bits per heavy atom. The SMILES string of the molecule is COc1cccc(-c2nnc(C(=O)NSCc3ncc(C)cn3)n2-c2c(OC)cccc2OC)n1. The van der Waals surface area contributed by atoms with E-state index in [4.69, 9.17) is 14.2 Å². The van der Waals surface area contributed by atoms with Crippen molar-refractivity contribution in [2.45, 2.75) is 12.7 Å². The normalized spacial score (nSPS) is 10.6. The van der Waals surface area contributed by atoms with Gasteiger partial charge in [-0.05, 0) is 42.6 Å². The Morgan fingerprint density at radius 2 is 1.66 bits per heavy atom. The molecule has 0 unspecified atom stereocenters. The van der Waals surface area contributed by atoms with Crippen molar-refractivity contribution in [2.24, 2.45) is 0 Å². The van der Waals surface area contributed by atoms with Crippen LogP contribution >= 0.6 is 11.9 Å². The molecule has 4 rings (SSSR count). The number of nitrogens with one attached hydrogen (secondary N) is 1. The minimum Gasteiger partial charge on any atom is -0.494 e. The minimum absolute atomic E-state index is 0.0183. The average Bonchev–Trinajstić information content (AvgIpc) is 3.34. The van der Waals surface area contributed by atoms with E-state index in [1.165, 1.54) is 21.3 Å². The Kier molecular flexibility index (Phi) is 7.41. The Hall–Kier alpha value is -4.19. The number of methoxy groups -OCH3 is 3. The number of para-hydroxylation sites is 1. The lowest BCUT2D eigenvalue weighted by Crippen LogP contribution is -2.22. The monoisotopic (exact) mass is 493 g/mol. The molecule has 1 N–H and O–H groups in total. The molecule has 12 heteroatoms. The molecule has 11 nitrogen and oxygen atoms in total. The molecular formula is C23H23N7O4S. The molecule has 0 atom stereocenters. The zero-order chi connectivity index (χ0) is 24.8. The first kappa shape index (κ1) is 24.0. The number of carbonyl (C=O) groups excluding carboxylic acids is 1. The van der Waals surface area contributed by atoms with E-state index in [-0.39, 0.29) is 5.82 Å². The smallest absolute Gasteiger partial charge is 0.299 e. The lowest BCUT2D eigenvalue weighted by molar-refractivity contribution is 0.0972. The molecule has 0 fully saturated rings. The third kappa shape index (κ3) is 5.17. The summed E-state index contributed by atoms with van der Waals surface area (Å²) in [4.78, 5) is 26.2. The average molecular weight is 494 g/mol. The molecule has 0 spiro atoms. The summed E-state index contributed by atoms with van der Waals surface area (Å²) in [6, 6.07) is 10.5. The van der Waals surface area contributed by atoms with Crippen LogP contribution in [0.1, 0.15) is 22.0 Å². The first-order chi connectivity index (χ1) is 17.0. The zero-order valence-corrected chi connectivity index (χ0v) is 20.4. The Balaban J connectivity index is 1.74. The van der Waals surface area contributed by atoms with E-state index >= 15 is 0 Å². The molecule has 0 bridgehead atoms. The molecule has 0 saturated carbocycles. The van der Waals surface area contributed by atoms with E-state index in [9.17, 15) is 4.79 Å². The summed E-state index contributed by atoms with van der Waals surface area (Å²) in [5.74, 6) is 2.14. The third-order valence-corrected chi connectivity index (χ3v) is 5.59. The summed E-state index contributed by atoms with van der Waals surface area (Å²) in [6.45, 7) is 1.91. The molecule has 0 aliphatic carbocycles. The number of aromatic nitrogens is 6. The van der Waals surface area contributed by atoms with Crippen molar-refractivity contribution in [1.29, 1.82) is 0 Å². The highest BCUT2D eigenvalue weighted by Crippen LogP contribution is 2.36. The maximum Gasteiger partial charge on any atom is 0.299 e. The van der Waals surface area contributed by atoms with Crippen LogP contribution in [-0.4, -0.2) is 57.0 Å². The highest BCUT2D eigenvalue weighted by molar-refractivity contribution is 7.97. The van der Waals surface area contributed by atoms with Gasteiger partial charge in [0, 0.05) is 18.5 Å². The first-order valence-corrected chi connectivity index (χ1v) is 11.4. The van der Waals surface area contributed by atoms with Crippen LogP contribution in [0.15, 0.2) is 48.8 Å². The first-order valence-electron chi connectivity index (χ1n) is 10.4. The van der Waals surface area contributed by atoms with Crippen molar-refractivity contribution in [2.75, 3.05) is 21.3 Å². The highest BCUT2D eigenvalue weighted by atomic mass is 32.2. The zero-order valence-electron chi connectivity index (χ0n) is 19.6. The van der Waals surface area contributed by atoms with Crippen LogP contribution in [0.3, 0.4) is 0 Å². The van der Waals surface area contributed by atoms with Crippen molar-refractivity contribution < 1.29 is 19.0 Å². The van der Waals surface area contributed by atoms with Gasteiger partial charge >= 0.3 is 0 Å². The summed E-state index contributed by atoms with van der Waals surface area (Å²) in [6.07, 6.45) is 3.45. The van der Waals surface area contributed by atoms with Crippen molar-refractivity contribution in [1.82, 2.24) is 34.4 Å². The maximum absolute atomic E-state index is 13.2. The van der Waals surface area contributed by atoms with Gasteiger partial charge in [0.25, 0.3) is 5.91 Å². The summed E-state index contributed by atoms with van der Waals surface area (Å²) in [5.41, 5.74) is 1.86. The second kappa shape index (κ2) is 10.8. The van der Waals surface area contributed by atoms with Gasteiger partial charge in [-0.3, -0.25) is 14.1 Å². The summed E-state index contributed by atoms with van der Waals surface area (Å²) >= 11 is 1.15. The van der Waals surface area contributed by atoms with E-state index in [2.05, 4.69) is 29.9 Å². The predicted octanol–water partition coefficient (Wildman–Crippen LogP) is 3.03. The second-order valence-electron chi connectivity index (χ2n) is 7.16. The number of hydrogen-bond donors (Lipinski definition) is 1. The number of aryl methyl sites for hydroxylation is 1. The molecule has 0 aliphatic rings. The molecule has 4 aromatic rings. The van der Waals surface area contributed by atoms with E-state index in [1.807, 2.05) is 6.92 Å². The predicted molar refractivity (Wildman–Crippen MR) is 130 cm³/mol. The van der Waals surface area contributed by atoms with E-state index < -0.39 is 5.91 Å². The van der Waals surface area contributed by atoms with Crippen LogP contribution in [0.2, 0.25) is 0 Å². The maximum atomic E-state index is 13.2. The lowest BCUT2D eigenvalue weighted by Gasteiger charge is -2.17. The lowest BCUT2D eigenvalue weighted by atomic mass is 10.2. The molecule has 3 heterocycles. The van der Waals surface area contributed by atoms with Crippen LogP contribution in [0.4, 0.5) is 0 Å². The Bertz CT molecular complexity index is 1310. The summed E-state index contributed by atoms with van der Waals surface area (Å²) in [5, 5.41) is 8.45. The summed E-state index contributed by atoms with van der Waals surface area (Å²) in [7, 11) is 4.58. The molecular weight excluding hydrogens is 470 g/mol. The second-order valence-corrected chi connectivity index (χ2v) is 7.94. The Labute approximate surface area is 206 Å². The molecule has 0 saturated heterocycles.